The number of benzene rings is 1. The highest BCUT2D eigenvalue weighted by molar-refractivity contribution is 5.39. The van der Waals surface area contributed by atoms with Crippen LogP contribution in [0.1, 0.15) is 25.0 Å². The molecule has 6 nitrogen and oxygen atoms in total. The number of likely N-dealkylation sites (N-methyl/N-ethyl adjacent to an activating group) is 1. The second-order valence-electron chi connectivity index (χ2n) is 6.04. The lowest BCUT2D eigenvalue weighted by molar-refractivity contribution is 0.193. The molecule has 1 aliphatic rings. The monoisotopic (exact) mass is 343 g/mol. The molecule has 0 saturated carbocycles. The number of nitrogens with zero attached hydrogens (tertiary/aromatic N) is 3. The minimum atomic E-state index is 0.384. The molecule has 1 saturated heterocycles. The number of hydrogen-bond acceptors (Lipinski definition) is 6. The van der Waals surface area contributed by atoms with Crippen LogP contribution in [-0.2, 0) is 4.74 Å². The predicted octanol–water partition coefficient (Wildman–Crippen LogP) is 2.89. The number of aromatic nitrogens is 2. The highest BCUT2D eigenvalue weighted by Gasteiger charge is 2.20. The van der Waals surface area contributed by atoms with Crippen LogP contribution in [-0.4, -0.2) is 50.0 Å². The molecule has 0 N–H and O–H groups in total. The Morgan fingerprint density at radius 1 is 1.16 bits per heavy atom. The topological polar surface area (TPSA) is 56.7 Å². The lowest BCUT2D eigenvalue weighted by Crippen LogP contribution is -2.25. The van der Waals surface area contributed by atoms with Crippen LogP contribution in [0.5, 0.6) is 11.5 Å². The zero-order valence-electron chi connectivity index (χ0n) is 14.9. The van der Waals surface area contributed by atoms with E-state index in [1.165, 1.54) is 0 Å². The van der Waals surface area contributed by atoms with Crippen molar-refractivity contribution in [2.45, 2.75) is 19.3 Å². The van der Waals surface area contributed by atoms with Crippen molar-refractivity contribution in [1.29, 1.82) is 0 Å². The molecule has 0 bridgehead atoms. The summed E-state index contributed by atoms with van der Waals surface area (Å²) >= 11 is 0. The van der Waals surface area contributed by atoms with Crippen molar-refractivity contribution in [1.82, 2.24) is 9.97 Å². The van der Waals surface area contributed by atoms with Crippen LogP contribution in [0.2, 0.25) is 0 Å². The van der Waals surface area contributed by atoms with E-state index in [9.17, 15) is 0 Å². The van der Waals surface area contributed by atoms with Gasteiger partial charge in [0.25, 0.3) is 0 Å². The van der Waals surface area contributed by atoms with Crippen LogP contribution in [0, 0.1) is 0 Å². The van der Waals surface area contributed by atoms with Gasteiger partial charge in [-0.3, -0.25) is 0 Å². The van der Waals surface area contributed by atoms with Crippen LogP contribution >= 0.6 is 0 Å². The van der Waals surface area contributed by atoms with Gasteiger partial charge in [0.2, 0.25) is 0 Å². The summed E-state index contributed by atoms with van der Waals surface area (Å²) in [6.45, 7) is 5.52. The molecule has 1 atom stereocenters. The molecule has 6 heteroatoms. The SMILES string of the molecule is CCOc1ccc(OCCN(C)c2cc([C@H]3CCOC3)ncn2)cc1. The van der Waals surface area contributed by atoms with Gasteiger partial charge in [-0.2, -0.15) is 0 Å². The maximum Gasteiger partial charge on any atom is 0.132 e. The standard InChI is InChI=1S/C19H25N3O3/c1-3-24-16-4-6-17(7-5-16)25-11-9-22(2)19-12-18(20-14-21-19)15-8-10-23-13-15/h4-7,12,14-15H,3,8-11,13H2,1-2H3/t15-/m0/s1. The number of ether oxygens (including phenoxy) is 3. The van der Waals surface area contributed by atoms with E-state index in [-0.39, 0.29) is 0 Å². The summed E-state index contributed by atoms with van der Waals surface area (Å²) in [5.41, 5.74) is 1.06. The van der Waals surface area contributed by atoms with Gasteiger partial charge in [0.05, 0.1) is 25.5 Å². The second kappa shape index (κ2) is 8.67. The molecule has 0 unspecified atom stereocenters. The zero-order chi connectivity index (χ0) is 17.5. The van der Waals surface area contributed by atoms with Crippen LogP contribution in [0.4, 0.5) is 5.82 Å². The lowest BCUT2D eigenvalue weighted by Gasteiger charge is -2.19. The molecule has 2 heterocycles. The Hall–Kier alpha value is -2.34. The van der Waals surface area contributed by atoms with Gasteiger partial charge < -0.3 is 19.1 Å². The minimum Gasteiger partial charge on any atom is -0.494 e. The lowest BCUT2D eigenvalue weighted by atomic mass is 10.0. The average molecular weight is 343 g/mol. The third-order valence-corrected chi connectivity index (χ3v) is 4.24. The van der Waals surface area contributed by atoms with Crippen LogP contribution < -0.4 is 14.4 Å². The molecule has 1 aromatic heterocycles. The first-order valence-electron chi connectivity index (χ1n) is 8.72. The van der Waals surface area contributed by atoms with Gasteiger partial charge in [-0.1, -0.05) is 0 Å². The maximum absolute atomic E-state index is 5.80. The van der Waals surface area contributed by atoms with Gasteiger partial charge in [-0.05, 0) is 37.6 Å². The summed E-state index contributed by atoms with van der Waals surface area (Å²) in [6, 6.07) is 9.74. The smallest absolute Gasteiger partial charge is 0.132 e. The first-order valence-corrected chi connectivity index (χ1v) is 8.72. The highest BCUT2D eigenvalue weighted by Crippen LogP contribution is 2.25. The van der Waals surface area contributed by atoms with E-state index < -0.39 is 0 Å². The van der Waals surface area contributed by atoms with Crippen molar-refractivity contribution in [3.63, 3.8) is 0 Å². The van der Waals surface area contributed by atoms with Crippen LogP contribution in [0.15, 0.2) is 36.7 Å². The maximum atomic E-state index is 5.80. The fraction of sp³-hybridized carbons (Fsp3) is 0.474. The van der Waals surface area contributed by atoms with E-state index in [4.69, 9.17) is 14.2 Å². The fourth-order valence-electron chi connectivity index (χ4n) is 2.78. The van der Waals surface area contributed by atoms with E-state index in [1.54, 1.807) is 6.33 Å². The molecule has 0 aliphatic carbocycles. The van der Waals surface area contributed by atoms with E-state index in [1.807, 2.05) is 38.2 Å². The van der Waals surface area contributed by atoms with Crippen molar-refractivity contribution in [2.75, 3.05) is 44.9 Å². The molecule has 0 spiro atoms. The first-order chi connectivity index (χ1) is 12.3. The van der Waals surface area contributed by atoms with E-state index >= 15 is 0 Å². The van der Waals surface area contributed by atoms with Crippen molar-refractivity contribution in [2.24, 2.45) is 0 Å². The Bertz CT molecular complexity index is 657. The van der Waals surface area contributed by atoms with E-state index in [0.29, 0.717) is 19.1 Å². The summed E-state index contributed by atoms with van der Waals surface area (Å²) < 4.78 is 16.7. The summed E-state index contributed by atoms with van der Waals surface area (Å²) in [6.07, 6.45) is 2.66. The van der Waals surface area contributed by atoms with Gasteiger partial charge in [0.15, 0.2) is 0 Å². The van der Waals surface area contributed by atoms with Crippen molar-refractivity contribution < 1.29 is 14.2 Å². The number of rotatable bonds is 8. The Balaban J connectivity index is 1.50. The molecule has 1 fully saturated rings. The molecule has 25 heavy (non-hydrogen) atoms. The molecule has 1 aliphatic heterocycles. The Morgan fingerprint density at radius 2 is 1.92 bits per heavy atom. The quantitative estimate of drug-likeness (QED) is 0.735. The molecule has 0 amide bonds. The largest absolute Gasteiger partial charge is 0.494 e. The third-order valence-electron chi connectivity index (χ3n) is 4.24. The van der Waals surface area contributed by atoms with Gasteiger partial charge in [-0.25, -0.2) is 9.97 Å². The molecule has 2 aromatic rings. The van der Waals surface area contributed by atoms with Gasteiger partial charge in [0.1, 0.15) is 30.3 Å². The molecule has 1 aromatic carbocycles. The molecule has 3 rings (SSSR count). The Labute approximate surface area is 148 Å². The van der Waals surface area contributed by atoms with Gasteiger partial charge in [0, 0.05) is 25.6 Å². The van der Waals surface area contributed by atoms with Crippen LogP contribution in [0.3, 0.4) is 0 Å². The zero-order valence-corrected chi connectivity index (χ0v) is 14.9. The van der Waals surface area contributed by atoms with Crippen molar-refractivity contribution >= 4 is 5.82 Å². The minimum absolute atomic E-state index is 0.384. The Kier molecular flexibility index (Phi) is 6.06. The van der Waals surface area contributed by atoms with E-state index in [0.717, 1.165) is 49.2 Å². The van der Waals surface area contributed by atoms with Crippen molar-refractivity contribution in [3.05, 3.63) is 42.4 Å². The van der Waals surface area contributed by atoms with Gasteiger partial charge >= 0.3 is 0 Å². The summed E-state index contributed by atoms with van der Waals surface area (Å²) in [5, 5.41) is 0. The fourth-order valence-corrected chi connectivity index (χ4v) is 2.78. The van der Waals surface area contributed by atoms with Crippen molar-refractivity contribution in [3.8, 4) is 11.5 Å². The summed E-state index contributed by atoms with van der Waals surface area (Å²) in [7, 11) is 2.01. The Morgan fingerprint density at radius 3 is 2.60 bits per heavy atom. The summed E-state index contributed by atoms with van der Waals surface area (Å²) in [4.78, 5) is 10.8. The first kappa shape index (κ1) is 17.5. The molecular formula is C19H25N3O3. The number of anilines is 1. The molecule has 0 radical (unpaired) electrons. The molecular weight excluding hydrogens is 318 g/mol. The predicted molar refractivity (Wildman–Crippen MR) is 96.6 cm³/mol. The normalized spacial score (nSPS) is 16.6. The number of hydrogen-bond donors (Lipinski definition) is 0. The van der Waals surface area contributed by atoms with E-state index in [2.05, 4.69) is 20.9 Å². The molecule has 134 valence electrons. The van der Waals surface area contributed by atoms with Crippen LogP contribution in [0.25, 0.3) is 0 Å². The summed E-state index contributed by atoms with van der Waals surface area (Å²) in [5.74, 6) is 2.99. The highest BCUT2D eigenvalue weighted by atomic mass is 16.5. The average Bonchev–Trinajstić information content (AvgIpc) is 3.18. The van der Waals surface area contributed by atoms with Gasteiger partial charge in [-0.15, -0.1) is 0 Å². The second-order valence-corrected chi connectivity index (χ2v) is 6.04. The third kappa shape index (κ3) is 4.82.